The second kappa shape index (κ2) is 7.82. The van der Waals surface area contributed by atoms with Crippen LogP contribution >= 0.6 is 0 Å². The van der Waals surface area contributed by atoms with Gasteiger partial charge in [0.1, 0.15) is 0 Å². The summed E-state index contributed by atoms with van der Waals surface area (Å²) in [6.45, 7) is 14.2. The molecule has 0 aromatic rings. The maximum Gasteiger partial charge on any atom is 0.0947 e. The fraction of sp³-hybridized carbons (Fsp3) is 0.929. The van der Waals surface area contributed by atoms with E-state index in [1.54, 1.807) is 0 Å². The predicted molar refractivity (Wildman–Crippen MR) is 79.6 cm³/mol. The largest absolute Gasteiger partial charge is 0.387 e. The lowest BCUT2D eigenvalue weighted by molar-refractivity contribution is -0.0521. The fourth-order valence-corrected chi connectivity index (χ4v) is 2.43. The molecule has 0 radical (unpaired) electrons. The van der Waals surface area contributed by atoms with E-state index in [2.05, 4.69) is 30.6 Å². The van der Waals surface area contributed by atoms with Crippen LogP contribution in [-0.2, 0) is 4.74 Å². The van der Waals surface area contributed by atoms with Gasteiger partial charge in [-0.25, -0.2) is 0 Å². The van der Waals surface area contributed by atoms with Crippen LogP contribution in [0.1, 0.15) is 27.7 Å². The predicted octanol–water partition coefficient (Wildman–Crippen LogP) is 0.990. The zero-order valence-corrected chi connectivity index (χ0v) is 12.9. The van der Waals surface area contributed by atoms with Crippen molar-refractivity contribution in [1.82, 2.24) is 9.80 Å². The summed E-state index contributed by atoms with van der Waals surface area (Å²) >= 11 is 0. The first-order chi connectivity index (χ1) is 8.93. The highest BCUT2D eigenvalue weighted by atomic mass is 16.5. The lowest BCUT2D eigenvalue weighted by Gasteiger charge is -2.37. The first-order valence-electron chi connectivity index (χ1n) is 7.35. The van der Waals surface area contributed by atoms with Crippen LogP contribution in [0.4, 0.5) is 0 Å². The van der Waals surface area contributed by atoms with Crippen molar-refractivity contribution in [3.63, 3.8) is 0 Å². The number of hydrogen-bond donors (Lipinski definition) is 2. The van der Waals surface area contributed by atoms with Crippen LogP contribution in [0, 0.1) is 11.3 Å². The Morgan fingerprint density at radius 2 is 2.16 bits per heavy atom. The van der Waals surface area contributed by atoms with Crippen LogP contribution < -0.4 is 5.73 Å². The summed E-state index contributed by atoms with van der Waals surface area (Å²) in [5, 5.41) is 7.49. The van der Waals surface area contributed by atoms with Gasteiger partial charge in [0, 0.05) is 38.1 Å². The first kappa shape index (κ1) is 16.4. The number of nitrogens with zero attached hydrogens (tertiary/aromatic N) is 2. The van der Waals surface area contributed by atoms with Crippen molar-refractivity contribution in [3.8, 4) is 0 Å². The quantitative estimate of drug-likeness (QED) is 0.535. The molecule has 0 aromatic heterocycles. The van der Waals surface area contributed by atoms with E-state index in [0.717, 1.165) is 39.3 Å². The van der Waals surface area contributed by atoms with Gasteiger partial charge < -0.3 is 15.4 Å². The summed E-state index contributed by atoms with van der Waals surface area (Å²) in [5.41, 5.74) is 5.55. The van der Waals surface area contributed by atoms with Crippen molar-refractivity contribution in [3.05, 3.63) is 0 Å². The molecule has 0 spiro atoms. The summed E-state index contributed by atoms with van der Waals surface area (Å²) in [6, 6.07) is 0.581. The van der Waals surface area contributed by atoms with E-state index in [1.807, 2.05) is 6.92 Å². The number of nitrogens with one attached hydrogen (secondary N) is 1. The standard InChI is InChI=1S/C14H30N4O/c1-5-17(8-12(4)14(15)16)9-13-10-18(11(2)3)6-7-19-13/h11-13H,5-10H2,1-4H3,(H3,15,16). The van der Waals surface area contributed by atoms with Gasteiger partial charge in [0.05, 0.1) is 18.5 Å². The Labute approximate surface area is 117 Å². The fourth-order valence-electron chi connectivity index (χ4n) is 2.43. The van der Waals surface area contributed by atoms with Crippen LogP contribution in [0.3, 0.4) is 0 Å². The van der Waals surface area contributed by atoms with Gasteiger partial charge >= 0.3 is 0 Å². The molecule has 5 heteroatoms. The Balaban J connectivity index is 2.44. The van der Waals surface area contributed by atoms with Gasteiger partial charge in [-0.15, -0.1) is 0 Å². The van der Waals surface area contributed by atoms with E-state index in [-0.39, 0.29) is 17.9 Å². The van der Waals surface area contributed by atoms with Crippen molar-refractivity contribution in [2.75, 3.05) is 39.3 Å². The third-order valence-electron chi connectivity index (χ3n) is 3.87. The molecule has 3 N–H and O–H groups in total. The third kappa shape index (κ3) is 5.47. The molecule has 0 bridgehead atoms. The van der Waals surface area contributed by atoms with Gasteiger partial charge in [-0.3, -0.25) is 10.3 Å². The summed E-state index contributed by atoms with van der Waals surface area (Å²) in [6.07, 6.45) is 0.273. The molecule has 2 atom stereocenters. The number of nitrogens with two attached hydrogens (primary N) is 1. The second-order valence-electron chi connectivity index (χ2n) is 5.79. The molecule has 0 amide bonds. The lowest BCUT2D eigenvalue weighted by atomic mass is 10.1. The summed E-state index contributed by atoms with van der Waals surface area (Å²) < 4.78 is 5.86. The van der Waals surface area contributed by atoms with Crippen molar-refractivity contribution in [2.24, 2.45) is 11.7 Å². The number of hydrogen-bond acceptors (Lipinski definition) is 4. The SMILES string of the molecule is CCN(CC1CN(C(C)C)CCO1)CC(C)C(=N)N. The molecule has 1 saturated heterocycles. The minimum absolute atomic E-state index is 0.116. The maximum atomic E-state index is 7.49. The second-order valence-corrected chi connectivity index (χ2v) is 5.79. The average molecular weight is 270 g/mol. The van der Waals surface area contributed by atoms with Crippen LogP contribution in [0.5, 0.6) is 0 Å². The Morgan fingerprint density at radius 1 is 1.47 bits per heavy atom. The zero-order valence-electron chi connectivity index (χ0n) is 12.9. The summed E-state index contributed by atoms with van der Waals surface area (Å²) in [5.74, 6) is 0.386. The molecule has 0 aliphatic carbocycles. The number of morpholine rings is 1. The lowest BCUT2D eigenvalue weighted by Crippen LogP contribution is -2.50. The van der Waals surface area contributed by atoms with Crippen LogP contribution in [0.2, 0.25) is 0 Å². The highest BCUT2D eigenvalue weighted by Crippen LogP contribution is 2.11. The van der Waals surface area contributed by atoms with E-state index in [9.17, 15) is 0 Å². The molecule has 1 aliphatic rings. The molecule has 112 valence electrons. The Hall–Kier alpha value is -0.650. The first-order valence-corrected chi connectivity index (χ1v) is 7.35. The molecule has 0 aromatic carbocycles. The van der Waals surface area contributed by atoms with Crippen LogP contribution in [-0.4, -0.2) is 67.1 Å². The zero-order chi connectivity index (χ0) is 14.4. The van der Waals surface area contributed by atoms with Crippen molar-refractivity contribution in [2.45, 2.75) is 39.8 Å². The Morgan fingerprint density at radius 3 is 2.68 bits per heavy atom. The Kier molecular flexibility index (Phi) is 6.75. The summed E-state index contributed by atoms with van der Waals surface area (Å²) in [7, 11) is 0. The van der Waals surface area contributed by atoms with E-state index >= 15 is 0 Å². The molecule has 2 unspecified atom stereocenters. The molecule has 19 heavy (non-hydrogen) atoms. The third-order valence-corrected chi connectivity index (χ3v) is 3.87. The van der Waals surface area contributed by atoms with E-state index in [4.69, 9.17) is 15.9 Å². The van der Waals surface area contributed by atoms with Gasteiger partial charge in [-0.05, 0) is 20.4 Å². The van der Waals surface area contributed by atoms with Crippen molar-refractivity contribution < 1.29 is 4.74 Å². The Bertz CT molecular complexity index is 283. The van der Waals surface area contributed by atoms with Crippen LogP contribution in [0.15, 0.2) is 0 Å². The van der Waals surface area contributed by atoms with Gasteiger partial charge in [-0.1, -0.05) is 13.8 Å². The van der Waals surface area contributed by atoms with Gasteiger partial charge in [0.15, 0.2) is 0 Å². The number of rotatable bonds is 7. The van der Waals surface area contributed by atoms with E-state index in [1.165, 1.54) is 0 Å². The monoisotopic (exact) mass is 270 g/mol. The minimum Gasteiger partial charge on any atom is -0.387 e. The van der Waals surface area contributed by atoms with Crippen molar-refractivity contribution in [1.29, 1.82) is 5.41 Å². The number of ether oxygens (including phenoxy) is 1. The van der Waals surface area contributed by atoms with Gasteiger partial charge in [0.2, 0.25) is 0 Å². The van der Waals surface area contributed by atoms with E-state index < -0.39 is 0 Å². The normalized spacial score (nSPS) is 22.9. The molecule has 0 saturated carbocycles. The van der Waals surface area contributed by atoms with Crippen molar-refractivity contribution >= 4 is 5.84 Å². The average Bonchev–Trinajstić information content (AvgIpc) is 2.37. The number of likely N-dealkylation sites (N-methyl/N-ethyl adjacent to an activating group) is 1. The number of amidine groups is 1. The van der Waals surface area contributed by atoms with Gasteiger partial charge in [0.25, 0.3) is 0 Å². The molecular formula is C14H30N4O. The molecule has 5 nitrogen and oxygen atoms in total. The smallest absolute Gasteiger partial charge is 0.0947 e. The maximum absolute atomic E-state index is 7.49. The molecule has 1 fully saturated rings. The summed E-state index contributed by atoms with van der Waals surface area (Å²) in [4.78, 5) is 4.80. The van der Waals surface area contributed by atoms with Crippen LogP contribution in [0.25, 0.3) is 0 Å². The molecular weight excluding hydrogens is 240 g/mol. The van der Waals surface area contributed by atoms with Gasteiger partial charge in [-0.2, -0.15) is 0 Å². The molecule has 1 heterocycles. The minimum atomic E-state index is 0.116. The highest BCUT2D eigenvalue weighted by Gasteiger charge is 2.24. The topological polar surface area (TPSA) is 65.6 Å². The molecule has 1 aliphatic heterocycles. The van der Waals surface area contributed by atoms with E-state index in [0.29, 0.717) is 6.04 Å². The molecule has 1 rings (SSSR count). The highest BCUT2D eigenvalue weighted by molar-refractivity contribution is 5.79.